The molecule has 1 aromatic heterocycles. The van der Waals surface area contributed by atoms with E-state index in [0.717, 1.165) is 29.7 Å². The van der Waals surface area contributed by atoms with Crippen molar-refractivity contribution in [3.8, 4) is 0 Å². The van der Waals surface area contributed by atoms with Gasteiger partial charge in [0, 0.05) is 6.42 Å². The monoisotopic (exact) mass is 328 g/mol. The Balaban J connectivity index is 1.76. The fourth-order valence-corrected chi connectivity index (χ4v) is 2.73. The molecule has 0 unspecified atom stereocenters. The third kappa shape index (κ3) is 2.89. The highest BCUT2D eigenvalue weighted by molar-refractivity contribution is 6.07. The minimum atomic E-state index is -1.08. The summed E-state index contributed by atoms with van der Waals surface area (Å²) in [5.41, 5.74) is -0.344. The number of aryl methyl sites for hydroxylation is 1. The van der Waals surface area contributed by atoms with Crippen molar-refractivity contribution in [1.29, 1.82) is 0 Å². The van der Waals surface area contributed by atoms with Crippen LogP contribution in [-0.4, -0.2) is 27.0 Å². The topological polar surface area (TPSA) is 88.3 Å². The van der Waals surface area contributed by atoms with Crippen LogP contribution in [0.25, 0.3) is 0 Å². The molecule has 3 amide bonds. The zero-order valence-electron chi connectivity index (χ0n) is 13.8. The van der Waals surface area contributed by atoms with E-state index in [1.54, 1.807) is 6.92 Å². The van der Waals surface area contributed by atoms with Crippen LogP contribution in [-0.2, 0) is 23.3 Å². The molecule has 1 atom stereocenters. The zero-order valence-corrected chi connectivity index (χ0v) is 13.8. The minimum Gasteiger partial charge on any atom is -0.337 e. The van der Waals surface area contributed by atoms with Gasteiger partial charge in [-0.1, -0.05) is 48.8 Å². The summed E-state index contributed by atoms with van der Waals surface area (Å²) in [5, 5.41) is 6.64. The molecule has 2 aromatic rings. The molecule has 126 valence electrons. The van der Waals surface area contributed by atoms with Gasteiger partial charge in [-0.25, -0.2) is 4.79 Å². The molecule has 1 aromatic carbocycles. The molecule has 0 saturated carbocycles. The average molecular weight is 328 g/mol. The Morgan fingerprint density at radius 1 is 1.25 bits per heavy atom. The zero-order chi connectivity index (χ0) is 17.2. The van der Waals surface area contributed by atoms with Gasteiger partial charge in [0.05, 0.1) is 0 Å². The smallest absolute Gasteiger partial charge is 0.325 e. The molecule has 1 N–H and O–H groups in total. The van der Waals surface area contributed by atoms with Crippen LogP contribution in [0.4, 0.5) is 4.79 Å². The molecule has 2 heterocycles. The third-order valence-corrected chi connectivity index (χ3v) is 4.18. The summed E-state index contributed by atoms with van der Waals surface area (Å²) in [7, 11) is 0. The minimum absolute atomic E-state index is 0.0216. The predicted octanol–water partition coefficient (Wildman–Crippen LogP) is 2.38. The number of urea groups is 1. The maximum atomic E-state index is 12.8. The molecule has 3 rings (SSSR count). The molecule has 0 spiro atoms. The molecular formula is C17H20N4O3. The standard InChI is InChI=1S/C17H20N4O3/c1-3-4-10-13-18-14(24-20-13)11-21-15(22)17(2,19-16(21)23)12-8-6-5-7-9-12/h5-9H,3-4,10-11H2,1-2H3,(H,19,23)/t17-/m1/s1. The van der Waals surface area contributed by atoms with Gasteiger partial charge in [-0.3, -0.25) is 9.69 Å². The van der Waals surface area contributed by atoms with Gasteiger partial charge in [0.25, 0.3) is 5.91 Å². The summed E-state index contributed by atoms with van der Waals surface area (Å²) in [4.78, 5) is 30.4. The highest BCUT2D eigenvalue weighted by Gasteiger charge is 2.49. The molecular weight excluding hydrogens is 308 g/mol. The molecule has 0 radical (unpaired) electrons. The number of amides is 3. The van der Waals surface area contributed by atoms with Crippen LogP contribution in [0.5, 0.6) is 0 Å². The van der Waals surface area contributed by atoms with E-state index in [-0.39, 0.29) is 18.3 Å². The van der Waals surface area contributed by atoms with E-state index in [1.807, 2.05) is 30.3 Å². The van der Waals surface area contributed by atoms with Crippen molar-refractivity contribution in [2.75, 3.05) is 0 Å². The van der Waals surface area contributed by atoms with Gasteiger partial charge in [0.1, 0.15) is 12.1 Å². The van der Waals surface area contributed by atoms with Gasteiger partial charge in [-0.05, 0) is 18.9 Å². The number of hydrogen-bond donors (Lipinski definition) is 1. The number of rotatable bonds is 6. The molecule has 1 fully saturated rings. The number of carbonyl (C=O) groups is 2. The number of carbonyl (C=O) groups excluding carboxylic acids is 2. The molecule has 1 saturated heterocycles. The Bertz CT molecular complexity index is 743. The van der Waals surface area contributed by atoms with Gasteiger partial charge in [0.2, 0.25) is 5.89 Å². The summed E-state index contributed by atoms with van der Waals surface area (Å²) >= 11 is 0. The summed E-state index contributed by atoms with van der Waals surface area (Å²) in [6.07, 6.45) is 2.72. The fourth-order valence-electron chi connectivity index (χ4n) is 2.73. The molecule has 0 aliphatic carbocycles. The maximum Gasteiger partial charge on any atom is 0.325 e. The number of nitrogens with one attached hydrogen (secondary N) is 1. The van der Waals surface area contributed by atoms with Crippen LogP contribution in [0.3, 0.4) is 0 Å². The SMILES string of the molecule is CCCCc1noc(CN2C(=O)N[C@](C)(c3ccccc3)C2=O)n1. The highest BCUT2D eigenvalue weighted by atomic mass is 16.5. The van der Waals surface area contributed by atoms with Crippen LogP contribution in [0, 0.1) is 0 Å². The van der Waals surface area contributed by atoms with Crippen LogP contribution >= 0.6 is 0 Å². The number of hydrogen-bond acceptors (Lipinski definition) is 5. The van der Waals surface area contributed by atoms with E-state index in [1.165, 1.54) is 0 Å². The number of imide groups is 1. The molecule has 1 aliphatic rings. The first-order chi connectivity index (χ1) is 11.5. The van der Waals surface area contributed by atoms with E-state index >= 15 is 0 Å². The normalized spacial score (nSPS) is 20.5. The van der Waals surface area contributed by atoms with Crippen molar-refractivity contribution >= 4 is 11.9 Å². The third-order valence-electron chi connectivity index (χ3n) is 4.18. The summed E-state index contributed by atoms with van der Waals surface area (Å²) < 4.78 is 5.16. The lowest BCUT2D eigenvalue weighted by molar-refractivity contribution is -0.131. The average Bonchev–Trinajstić information content (AvgIpc) is 3.13. The second-order valence-electron chi connectivity index (χ2n) is 6.02. The Hall–Kier alpha value is -2.70. The van der Waals surface area contributed by atoms with Crippen LogP contribution < -0.4 is 5.32 Å². The lowest BCUT2D eigenvalue weighted by atomic mass is 9.92. The van der Waals surface area contributed by atoms with Crippen LogP contribution in [0.15, 0.2) is 34.9 Å². The number of nitrogens with zero attached hydrogens (tertiary/aromatic N) is 3. The maximum absolute atomic E-state index is 12.8. The highest BCUT2D eigenvalue weighted by Crippen LogP contribution is 2.29. The summed E-state index contributed by atoms with van der Waals surface area (Å²) in [6, 6.07) is 8.71. The lowest BCUT2D eigenvalue weighted by Gasteiger charge is -2.21. The van der Waals surface area contributed by atoms with Crippen molar-refractivity contribution in [1.82, 2.24) is 20.4 Å². The van der Waals surface area contributed by atoms with Crippen LogP contribution in [0.2, 0.25) is 0 Å². The summed E-state index contributed by atoms with van der Waals surface area (Å²) in [6.45, 7) is 3.76. The first-order valence-electron chi connectivity index (χ1n) is 8.05. The first-order valence-corrected chi connectivity index (χ1v) is 8.05. The largest absolute Gasteiger partial charge is 0.337 e. The van der Waals surface area contributed by atoms with E-state index in [2.05, 4.69) is 22.4 Å². The van der Waals surface area contributed by atoms with Crippen molar-refractivity contribution in [3.05, 3.63) is 47.6 Å². The lowest BCUT2D eigenvalue weighted by Crippen LogP contribution is -2.40. The van der Waals surface area contributed by atoms with Crippen molar-refractivity contribution in [3.63, 3.8) is 0 Å². The Morgan fingerprint density at radius 2 is 2.00 bits per heavy atom. The van der Waals surface area contributed by atoms with E-state index in [0.29, 0.717) is 5.82 Å². The van der Waals surface area contributed by atoms with E-state index < -0.39 is 11.6 Å². The fraction of sp³-hybridized carbons (Fsp3) is 0.412. The molecule has 7 heteroatoms. The van der Waals surface area contributed by atoms with Gasteiger partial charge in [-0.2, -0.15) is 4.98 Å². The summed E-state index contributed by atoms with van der Waals surface area (Å²) in [5.74, 6) is 0.540. The van der Waals surface area contributed by atoms with Crippen molar-refractivity contribution in [2.24, 2.45) is 0 Å². The Labute approximate surface area is 140 Å². The molecule has 24 heavy (non-hydrogen) atoms. The molecule has 1 aliphatic heterocycles. The van der Waals surface area contributed by atoms with E-state index in [9.17, 15) is 9.59 Å². The number of aromatic nitrogens is 2. The predicted molar refractivity (Wildman–Crippen MR) is 85.8 cm³/mol. The first kappa shape index (κ1) is 16.2. The van der Waals surface area contributed by atoms with Crippen LogP contribution in [0.1, 0.15) is 44.0 Å². The Morgan fingerprint density at radius 3 is 2.71 bits per heavy atom. The van der Waals surface area contributed by atoms with E-state index in [4.69, 9.17) is 4.52 Å². The Kier molecular flexibility index (Phi) is 4.33. The quantitative estimate of drug-likeness (QED) is 0.823. The molecule has 7 nitrogen and oxygen atoms in total. The second-order valence-corrected chi connectivity index (χ2v) is 6.02. The van der Waals surface area contributed by atoms with Gasteiger partial charge in [-0.15, -0.1) is 0 Å². The number of unbranched alkanes of at least 4 members (excludes halogenated alkanes) is 1. The van der Waals surface area contributed by atoms with Gasteiger partial charge >= 0.3 is 6.03 Å². The van der Waals surface area contributed by atoms with Gasteiger partial charge < -0.3 is 9.84 Å². The second kappa shape index (κ2) is 6.43. The van der Waals surface area contributed by atoms with Crippen molar-refractivity contribution < 1.29 is 14.1 Å². The van der Waals surface area contributed by atoms with Gasteiger partial charge in [0.15, 0.2) is 5.82 Å². The van der Waals surface area contributed by atoms with Crippen molar-refractivity contribution in [2.45, 2.75) is 45.2 Å². The molecule has 0 bridgehead atoms. The number of benzene rings is 1.